The fraction of sp³-hybridized carbons (Fsp3) is 0.875. The zero-order chi connectivity index (χ0) is 21.3. The maximum absolute atomic E-state index is 13.3. The molecule has 2 saturated carbocycles. The van der Waals surface area contributed by atoms with Crippen LogP contribution in [-0.4, -0.2) is 54.1 Å². The second-order valence-electron chi connectivity index (χ2n) is 11.0. The Morgan fingerprint density at radius 1 is 1.10 bits per heavy atom. The number of amides is 1. The van der Waals surface area contributed by atoms with Crippen LogP contribution in [0.3, 0.4) is 0 Å². The lowest BCUT2D eigenvalue weighted by Gasteiger charge is -2.40. The normalized spacial score (nSPS) is 38.3. The van der Waals surface area contributed by atoms with Crippen molar-refractivity contribution in [2.24, 2.45) is 35.3 Å². The molecule has 0 aromatic heterocycles. The second-order valence-corrected chi connectivity index (χ2v) is 16.1. The maximum Gasteiger partial charge on any atom is 0.235 e. The van der Waals surface area contributed by atoms with Crippen LogP contribution in [0.1, 0.15) is 57.8 Å². The van der Waals surface area contributed by atoms with E-state index in [1.165, 1.54) is 51.4 Å². The number of hydrogen-bond acceptors (Lipinski definition) is 4. The molecule has 0 spiro atoms. The standard InChI is InChI=1S/C24H42N2O2SSi/c1-30(2,28)13-10-19-6-7-22-21(19)15-23(29-22)24(27)26-11-8-18(9-12-26)20-5-3-4-17(14-20)16-25/h10,13,17-23,28H,3-9,11-12,14-16,25H2,1-2H3/b13-10+. The third-order valence-electron chi connectivity index (χ3n) is 8.34. The molecule has 4 rings (SSSR count). The Bertz CT molecular complexity index is 629. The summed E-state index contributed by atoms with van der Waals surface area (Å²) < 4.78 is 0. The first kappa shape index (κ1) is 22.9. The van der Waals surface area contributed by atoms with Crippen LogP contribution < -0.4 is 5.73 Å². The fourth-order valence-corrected chi connectivity index (χ4v) is 9.12. The summed E-state index contributed by atoms with van der Waals surface area (Å²) in [5, 5.41) is 0.813. The van der Waals surface area contributed by atoms with Gasteiger partial charge in [-0.2, -0.15) is 0 Å². The molecule has 0 aromatic carbocycles. The van der Waals surface area contributed by atoms with Gasteiger partial charge < -0.3 is 15.4 Å². The Morgan fingerprint density at radius 3 is 2.57 bits per heavy atom. The van der Waals surface area contributed by atoms with Crippen LogP contribution in [-0.2, 0) is 4.79 Å². The number of carbonyl (C=O) groups is 1. The molecule has 2 heterocycles. The number of nitrogens with two attached hydrogens (primary N) is 1. The summed E-state index contributed by atoms with van der Waals surface area (Å²) in [6, 6.07) is 0. The first-order valence-electron chi connectivity index (χ1n) is 12.4. The topological polar surface area (TPSA) is 66.6 Å². The van der Waals surface area contributed by atoms with Crippen LogP contribution in [0.15, 0.2) is 11.8 Å². The summed E-state index contributed by atoms with van der Waals surface area (Å²) in [6.45, 7) is 6.72. The van der Waals surface area contributed by atoms with E-state index in [2.05, 4.69) is 16.7 Å². The monoisotopic (exact) mass is 450 g/mol. The van der Waals surface area contributed by atoms with Crippen LogP contribution in [0, 0.1) is 29.6 Å². The van der Waals surface area contributed by atoms with Crippen molar-refractivity contribution in [3.63, 3.8) is 0 Å². The predicted molar refractivity (Wildman–Crippen MR) is 129 cm³/mol. The van der Waals surface area contributed by atoms with Crippen LogP contribution in [0.4, 0.5) is 0 Å². The summed E-state index contributed by atoms with van der Waals surface area (Å²) in [7, 11) is -2.13. The van der Waals surface area contributed by atoms with Gasteiger partial charge in [0.25, 0.3) is 0 Å². The van der Waals surface area contributed by atoms with Gasteiger partial charge in [0.15, 0.2) is 0 Å². The number of piperidine rings is 1. The maximum atomic E-state index is 13.3. The van der Waals surface area contributed by atoms with Crippen LogP contribution in [0.5, 0.6) is 0 Å². The number of allylic oxidation sites excluding steroid dienone is 1. The highest BCUT2D eigenvalue weighted by Crippen LogP contribution is 2.51. The van der Waals surface area contributed by atoms with E-state index in [9.17, 15) is 9.59 Å². The largest absolute Gasteiger partial charge is 0.428 e. The van der Waals surface area contributed by atoms with Gasteiger partial charge in [-0.05, 0) is 94.2 Å². The Kier molecular flexibility index (Phi) is 7.38. The summed E-state index contributed by atoms with van der Waals surface area (Å²) in [5.41, 5.74) is 8.03. The SMILES string of the molecule is C[Si](C)(O)/C=C/C1CCC2SC(C(=O)N3CCC(C4CCCC(CN)C4)CC3)CC12. The predicted octanol–water partition coefficient (Wildman–Crippen LogP) is 4.18. The highest BCUT2D eigenvalue weighted by molar-refractivity contribution is 8.01. The molecule has 2 aliphatic heterocycles. The van der Waals surface area contributed by atoms with Gasteiger partial charge in [-0.1, -0.05) is 24.6 Å². The number of carbonyl (C=O) groups excluding carboxylic acids is 1. The molecule has 30 heavy (non-hydrogen) atoms. The van der Waals surface area contributed by atoms with Gasteiger partial charge in [-0.25, -0.2) is 0 Å². The van der Waals surface area contributed by atoms with E-state index in [0.29, 0.717) is 23.0 Å². The van der Waals surface area contributed by atoms with Gasteiger partial charge in [-0.3, -0.25) is 4.79 Å². The second kappa shape index (κ2) is 9.68. The van der Waals surface area contributed by atoms with E-state index >= 15 is 0 Å². The Balaban J connectivity index is 1.27. The first-order chi connectivity index (χ1) is 14.3. The van der Waals surface area contributed by atoms with E-state index in [1.54, 1.807) is 0 Å². The average Bonchev–Trinajstić information content (AvgIpc) is 3.32. The lowest BCUT2D eigenvalue weighted by molar-refractivity contribution is -0.132. The summed E-state index contributed by atoms with van der Waals surface area (Å²) in [6.07, 6.45) is 13.5. The van der Waals surface area contributed by atoms with E-state index in [4.69, 9.17) is 5.73 Å². The molecule has 0 aromatic rings. The van der Waals surface area contributed by atoms with Crippen molar-refractivity contribution < 1.29 is 9.59 Å². The van der Waals surface area contributed by atoms with Gasteiger partial charge in [-0.15, -0.1) is 11.8 Å². The van der Waals surface area contributed by atoms with Gasteiger partial charge in [0, 0.05) is 18.3 Å². The molecule has 6 atom stereocenters. The molecule has 0 bridgehead atoms. The molecular weight excluding hydrogens is 408 g/mol. The lowest BCUT2D eigenvalue weighted by Crippen LogP contribution is -2.44. The minimum atomic E-state index is -2.13. The van der Waals surface area contributed by atoms with Crippen LogP contribution in [0.2, 0.25) is 13.1 Å². The van der Waals surface area contributed by atoms with Gasteiger partial charge >= 0.3 is 0 Å². The third-order valence-corrected chi connectivity index (χ3v) is 11.0. The highest BCUT2D eigenvalue weighted by Gasteiger charge is 2.46. The van der Waals surface area contributed by atoms with Crippen molar-refractivity contribution >= 4 is 26.0 Å². The number of thioether (sulfide) groups is 1. The van der Waals surface area contributed by atoms with Crippen molar-refractivity contribution in [2.75, 3.05) is 19.6 Å². The van der Waals surface area contributed by atoms with Crippen molar-refractivity contribution in [1.29, 1.82) is 0 Å². The van der Waals surface area contributed by atoms with E-state index in [1.807, 2.05) is 24.9 Å². The lowest BCUT2D eigenvalue weighted by atomic mass is 9.72. The molecule has 6 unspecified atom stereocenters. The summed E-state index contributed by atoms with van der Waals surface area (Å²) in [4.78, 5) is 25.6. The van der Waals surface area contributed by atoms with Gasteiger partial charge in [0.05, 0.1) is 5.25 Å². The van der Waals surface area contributed by atoms with Crippen molar-refractivity contribution in [2.45, 2.75) is 81.4 Å². The quantitative estimate of drug-likeness (QED) is 0.617. The van der Waals surface area contributed by atoms with Crippen molar-refractivity contribution in [3.8, 4) is 0 Å². The molecule has 2 aliphatic carbocycles. The van der Waals surface area contributed by atoms with E-state index in [-0.39, 0.29) is 5.25 Å². The molecule has 4 nitrogen and oxygen atoms in total. The summed E-state index contributed by atoms with van der Waals surface area (Å²) in [5.74, 6) is 3.99. The Labute approximate surface area is 188 Å². The molecule has 2 saturated heterocycles. The zero-order valence-corrected chi connectivity index (χ0v) is 20.8. The molecule has 6 heteroatoms. The van der Waals surface area contributed by atoms with Crippen LogP contribution >= 0.6 is 11.8 Å². The zero-order valence-electron chi connectivity index (χ0n) is 19.0. The van der Waals surface area contributed by atoms with E-state index < -0.39 is 8.32 Å². The van der Waals surface area contributed by atoms with Crippen molar-refractivity contribution in [3.05, 3.63) is 11.8 Å². The highest BCUT2D eigenvalue weighted by atomic mass is 32.2. The first-order valence-corrected chi connectivity index (χ1v) is 16.4. The number of likely N-dealkylation sites (tertiary alicyclic amines) is 1. The Hall–Kier alpha value is -0.303. The fourth-order valence-electron chi connectivity index (χ4n) is 6.60. The number of nitrogens with zero attached hydrogens (tertiary/aromatic N) is 1. The average molecular weight is 451 g/mol. The van der Waals surface area contributed by atoms with Gasteiger partial charge in [0.2, 0.25) is 14.2 Å². The molecule has 3 N–H and O–H groups in total. The number of hydrogen-bond donors (Lipinski definition) is 2. The third kappa shape index (κ3) is 5.36. The molecule has 170 valence electrons. The summed E-state index contributed by atoms with van der Waals surface area (Å²) >= 11 is 1.96. The minimum absolute atomic E-state index is 0.170. The molecule has 0 radical (unpaired) electrons. The molecule has 1 amide bonds. The Morgan fingerprint density at radius 2 is 1.87 bits per heavy atom. The van der Waals surface area contributed by atoms with Gasteiger partial charge in [0.1, 0.15) is 0 Å². The number of fused-ring (bicyclic) bond motifs is 1. The smallest absolute Gasteiger partial charge is 0.235 e. The van der Waals surface area contributed by atoms with E-state index in [0.717, 1.165) is 43.8 Å². The van der Waals surface area contributed by atoms with Crippen molar-refractivity contribution in [1.82, 2.24) is 4.90 Å². The van der Waals surface area contributed by atoms with Crippen LogP contribution in [0.25, 0.3) is 0 Å². The molecule has 4 fully saturated rings. The molecule has 4 aliphatic rings. The minimum Gasteiger partial charge on any atom is -0.428 e. The molecular formula is C24H42N2O2SSi. The number of rotatable bonds is 5.